The first kappa shape index (κ1) is 9.80. The zero-order valence-electron chi connectivity index (χ0n) is 17.2. The summed E-state index contributed by atoms with van der Waals surface area (Å²) >= 11 is 0. The Morgan fingerprint density at radius 1 is 1.30 bits per heavy atom. The molecule has 0 heterocycles. The molecule has 0 bridgehead atoms. The molecule has 1 N–H and O–H groups in total. The summed E-state index contributed by atoms with van der Waals surface area (Å²) < 4.78 is 43.4. The molecule has 1 aliphatic rings. The number of likely N-dealkylation sites (N-methyl/N-ethyl adjacent to an activating group) is 1. The van der Waals surface area contributed by atoms with Gasteiger partial charge in [0.15, 0.2) is 0 Å². The SMILES string of the molecule is [2H]C([2H])([2H])Oc1ccc([C@@H](C2(O)CCCCC2)C([2H])([2H])N(C)C)cc1. The van der Waals surface area contributed by atoms with Crippen LogP contribution in [0.5, 0.6) is 5.75 Å². The Balaban J connectivity index is 2.38. The molecule has 3 nitrogen and oxygen atoms in total. The summed E-state index contributed by atoms with van der Waals surface area (Å²) in [4.78, 5) is 1.48. The quantitative estimate of drug-likeness (QED) is 0.901. The van der Waals surface area contributed by atoms with E-state index in [0.717, 1.165) is 19.3 Å². The maximum absolute atomic E-state index is 11.2. The fraction of sp³-hybridized carbons (Fsp3) is 0.647. The van der Waals surface area contributed by atoms with Crippen molar-refractivity contribution in [3.05, 3.63) is 29.8 Å². The normalized spacial score (nSPS) is 24.9. The van der Waals surface area contributed by atoms with Gasteiger partial charge < -0.3 is 14.7 Å². The van der Waals surface area contributed by atoms with Crippen LogP contribution in [0.4, 0.5) is 0 Å². The minimum absolute atomic E-state index is 0.198. The molecule has 1 atom stereocenters. The van der Waals surface area contributed by atoms with E-state index in [1.54, 1.807) is 26.2 Å². The summed E-state index contributed by atoms with van der Waals surface area (Å²) in [5.41, 5.74) is -0.487. The van der Waals surface area contributed by atoms with E-state index in [1.807, 2.05) is 0 Å². The maximum atomic E-state index is 11.2. The monoisotopic (exact) mass is 282 g/mol. The van der Waals surface area contributed by atoms with E-state index in [4.69, 9.17) is 11.6 Å². The zero-order valence-corrected chi connectivity index (χ0v) is 12.2. The maximum Gasteiger partial charge on any atom is 0.118 e. The number of ether oxygens (including phenoxy) is 1. The predicted molar refractivity (Wildman–Crippen MR) is 82.3 cm³/mol. The van der Waals surface area contributed by atoms with Gasteiger partial charge in [0.2, 0.25) is 0 Å². The second-order valence-corrected chi connectivity index (χ2v) is 5.79. The average Bonchev–Trinajstić information content (AvgIpc) is 2.48. The third-order valence-corrected chi connectivity index (χ3v) is 3.98. The van der Waals surface area contributed by atoms with Crippen molar-refractivity contribution >= 4 is 0 Å². The highest BCUT2D eigenvalue weighted by atomic mass is 16.5. The van der Waals surface area contributed by atoms with Gasteiger partial charge in [0.25, 0.3) is 0 Å². The van der Waals surface area contributed by atoms with Crippen LogP contribution in [0, 0.1) is 0 Å². The van der Waals surface area contributed by atoms with Crippen LogP contribution in [0.15, 0.2) is 24.3 Å². The Morgan fingerprint density at radius 3 is 2.50 bits per heavy atom. The first-order valence-electron chi connectivity index (χ1n) is 9.64. The highest BCUT2D eigenvalue weighted by Crippen LogP contribution is 2.40. The van der Waals surface area contributed by atoms with Crippen molar-refractivity contribution in [2.45, 2.75) is 43.6 Å². The van der Waals surface area contributed by atoms with Crippen LogP contribution >= 0.6 is 0 Å². The molecule has 112 valence electrons. The van der Waals surface area contributed by atoms with Gasteiger partial charge in [0.05, 0.1) is 16.8 Å². The van der Waals surface area contributed by atoms with Crippen LogP contribution in [0.2, 0.25) is 0 Å². The molecule has 0 saturated heterocycles. The number of methoxy groups -OCH3 is 1. The second-order valence-electron chi connectivity index (χ2n) is 5.79. The molecular formula is C17H27NO2. The largest absolute Gasteiger partial charge is 0.497 e. The van der Waals surface area contributed by atoms with Crippen molar-refractivity contribution in [3.8, 4) is 5.75 Å². The molecule has 1 aromatic rings. The zero-order chi connectivity index (χ0) is 18.9. The van der Waals surface area contributed by atoms with Crippen molar-refractivity contribution in [3.63, 3.8) is 0 Å². The van der Waals surface area contributed by atoms with E-state index in [-0.39, 0.29) is 5.75 Å². The molecule has 2 rings (SSSR count). The lowest BCUT2D eigenvalue weighted by Crippen LogP contribution is -2.42. The predicted octanol–water partition coefficient (Wildman–Crippen LogP) is 3.04. The molecule has 20 heavy (non-hydrogen) atoms. The number of nitrogens with zero attached hydrogens (tertiary/aromatic N) is 1. The molecule has 3 heteroatoms. The van der Waals surface area contributed by atoms with Gasteiger partial charge in [0, 0.05) is 15.2 Å². The van der Waals surface area contributed by atoms with Crippen LogP contribution in [-0.4, -0.2) is 43.2 Å². The van der Waals surface area contributed by atoms with E-state index < -0.39 is 25.1 Å². The van der Waals surface area contributed by atoms with Crippen LogP contribution in [0.3, 0.4) is 0 Å². The fourth-order valence-corrected chi connectivity index (χ4v) is 2.94. The highest BCUT2D eigenvalue weighted by molar-refractivity contribution is 5.31. The van der Waals surface area contributed by atoms with Crippen LogP contribution in [0.25, 0.3) is 0 Å². The molecule has 0 unspecified atom stereocenters. The summed E-state index contributed by atoms with van der Waals surface area (Å²) in [5.74, 6) is -0.541. The summed E-state index contributed by atoms with van der Waals surface area (Å²) in [6, 6.07) is 6.35. The van der Waals surface area contributed by atoms with E-state index in [1.165, 1.54) is 17.0 Å². The third-order valence-electron chi connectivity index (χ3n) is 3.98. The molecule has 0 radical (unpaired) electrons. The minimum Gasteiger partial charge on any atom is -0.497 e. The molecule has 1 saturated carbocycles. The van der Waals surface area contributed by atoms with Gasteiger partial charge in [0.1, 0.15) is 5.75 Å². The first-order valence-corrected chi connectivity index (χ1v) is 7.14. The number of aliphatic hydroxyl groups is 1. The summed E-state index contributed by atoms with van der Waals surface area (Å²) in [5, 5.41) is 11.2. The number of benzene rings is 1. The Morgan fingerprint density at radius 2 is 1.95 bits per heavy atom. The molecule has 0 aliphatic heterocycles. The molecule has 0 aromatic heterocycles. The van der Waals surface area contributed by atoms with Crippen LogP contribution in [0.1, 0.15) is 50.4 Å². The van der Waals surface area contributed by atoms with Crippen molar-refractivity contribution < 1.29 is 16.7 Å². The van der Waals surface area contributed by atoms with Gasteiger partial charge >= 0.3 is 0 Å². The van der Waals surface area contributed by atoms with Crippen molar-refractivity contribution in [2.24, 2.45) is 0 Å². The van der Waals surface area contributed by atoms with Crippen molar-refractivity contribution in [2.75, 3.05) is 27.6 Å². The average molecular weight is 282 g/mol. The summed E-state index contributed by atoms with van der Waals surface area (Å²) in [6.07, 6.45) is 3.90. The lowest BCUT2D eigenvalue weighted by atomic mass is 9.72. The minimum atomic E-state index is -2.53. The Kier molecular flexibility index (Phi) is 3.23. The van der Waals surface area contributed by atoms with Crippen molar-refractivity contribution in [1.29, 1.82) is 0 Å². The summed E-state index contributed by atoms with van der Waals surface area (Å²) in [6.45, 7) is -1.75. The first-order chi connectivity index (χ1) is 11.5. The molecular weight excluding hydrogens is 250 g/mol. The number of hydrogen-bond donors (Lipinski definition) is 1. The summed E-state index contributed by atoms with van der Waals surface area (Å²) in [7, 11) is 0.789. The fourth-order valence-electron chi connectivity index (χ4n) is 2.94. The Bertz CT molecular complexity index is 565. The van der Waals surface area contributed by atoms with Gasteiger partial charge in [-0.1, -0.05) is 31.4 Å². The van der Waals surface area contributed by atoms with Gasteiger partial charge in [-0.2, -0.15) is 0 Å². The number of rotatable bonds is 5. The van der Waals surface area contributed by atoms with E-state index in [2.05, 4.69) is 0 Å². The Hall–Kier alpha value is -1.06. The van der Waals surface area contributed by atoms with Crippen LogP contribution < -0.4 is 4.74 Å². The lowest BCUT2D eigenvalue weighted by Gasteiger charge is -2.40. The van der Waals surface area contributed by atoms with Gasteiger partial charge in [-0.05, 0) is 44.6 Å². The molecule has 1 aromatic carbocycles. The Labute approximate surface area is 129 Å². The topological polar surface area (TPSA) is 32.7 Å². The lowest BCUT2D eigenvalue weighted by molar-refractivity contribution is -0.0277. The van der Waals surface area contributed by atoms with Crippen molar-refractivity contribution in [1.82, 2.24) is 4.90 Å². The van der Waals surface area contributed by atoms with E-state index >= 15 is 0 Å². The molecule has 1 aliphatic carbocycles. The third kappa shape index (κ3) is 3.53. The smallest absolute Gasteiger partial charge is 0.118 e. The molecule has 0 amide bonds. The van der Waals surface area contributed by atoms with E-state index in [9.17, 15) is 5.11 Å². The van der Waals surface area contributed by atoms with Gasteiger partial charge in [-0.25, -0.2) is 0 Å². The standard InChI is InChI=1S/C17H27NO2/c1-18(2)13-16(17(19)11-5-4-6-12-17)14-7-9-15(20-3)10-8-14/h7-10,16,19H,4-6,11-13H2,1-3H3/t16-/m0/s1/i3D3,13D2. The van der Waals surface area contributed by atoms with Gasteiger partial charge in [-0.3, -0.25) is 0 Å². The van der Waals surface area contributed by atoms with Crippen LogP contribution in [-0.2, 0) is 0 Å². The molecule has 1 fully saturated rings. The molecule has 0 spiro atoms. The second kappa shape index (κ2) is 6.59. The van der Waals surface area contributed by atoms with E-state index in [0.29, 0.717) is 18.4 Å². The van der Waals surface area contributed by atoms with Gasteiger partial charge in [-0.15, -0.1) is 0 Å². The number of hydrogen-bond acceptors (Lipinski definition) is 3. The highest BCUT2D eigenvalue weighted by Gasteiger charge is 2.38.